The van der Waals surface area contributed by atoms with Crippen molar-refractivity contribution in [2.24, 2.45) is 0 Å². The second kappa shape index (κ2) is 6.07. The maximum Gasteiger partial charge on any atom is 0.452 e. The Bertz CT molecular complexity index is 973. The monoisotopic (exact) mass is 384 g/mol. The van der Waals surface area contributed by atoms with Crippen LogP contribution in [-0.2, 0) is 15.7 Å². The van der Waals surface area contributed by atoms with Crippen LogP contribution in [0, 0.1) is 0 Å². The van der Waals surface area contributed by atoms with E-state index in [0.717, 1.165) is 4.40 Å². The molecule has 1 atom stereocenters. The van der Waals surface area contributed by atoms with Crippen molar-refractivity contribution in [1.82, 2.24) is 19.6 Å². The molecule has 2 aromatic heterocycles. The predicted molar refractivity (Wildman–Crippen MR) is 88.9 cm³/mol. The number of benzene rings is 1. The summed E-state index contributed by atoms with van der Waals surface area (Å²) in [5.74, 6) is -1.23. The van der Waals surface area contributed by atoms with Crippen LogP contribution in [0.25, 0.3) is 16.7 Å². The highest BCUT2D eigenvalue weighted by Gasteiger charge is 2.38. The van der Waals surface area contributed by atoms with Gasteiger partial charge in [-0.25, -0.2) is 4.98 Å². The average molecular weight is 384 g/mol. The summed E-state index contributed by atoms with van der Waals surface area (Å²) in [4.78, 5) is 4.47. The molecule has 0 amide bonds. The molecule has 6 nitrogen and oxygen atoms in total. The number of hydrogen-bond donors (Lipinski definition) is 0. The Balaban J connectivity index is 1.76. The standard InChI is InChI=1S/C16H15F3N4O2S/c1-15(2)24-7-9(25-15)8-26-13-12-21-22-14(16(17,18)19)23(12)11-6-4-3-5-10(11)20-13/h3-6,9H,7-8H2,1-2H3. The molecule has 0 bridgehead atoms. The van der Waals surface area contributed by atoms with Crippen molar-refractivity contribution >= 4 is 28.4 Å². The number of nitrogens with zero attached hydrogens (tertiary/aromatic N) is 4. The SMILES string of the molecule is CC1(C)OCC(CSc2nc3ccccc3n3c(C(F)(F)F)nnc23)O1. The van der Waals surface area contributed by atoms with Gasteiger partial charge in [-0.2, -0.15) is 13.2 Å². The zero-order valence-electron chi connectivity index (χ0n) is 13.9. The number of para-hydroxylation sites is 2. The number of fused-ring (bicyclic) bond motifs is 3. The summed E-state index contributed by atoms with van der Waals surface area (Å²) in [6.07, 6.45) is -4.79. The van der Waals surface area contributed by atoms with Crippen molar-refractivity contribution in [1.29, 1.82) is 0 Å². The molecule has 0 radical (unpaired) electrons. The van der Waals surface area contributed by atoms with Gasteiger partial charge in [0.05, 0.1) is 23.7 Å². The molecule has 0 spiro atoms. The molecular weight excluding hydrogens is 369 g/mol. The van der Waals surface area contributed by atoms with E-state index in [1.54, 1.807) is 24.3 Å². The first kappa shape index (κ1) is 17.5. The second-order valence-corrected chi connectivity index (χ2v) is 7.36. The Kier molecular flexibility index (Phi) is 4.08. The third-order valence-electron chi connectivity index (χ3n) is 3.93. The highest BCUT2D eigenvalue weighted by molar-refractivity contribution is 7.99. The van der Waals surface area contributed by atoms with Crippen LogP contribution in [0.4, 0.5) is 13.2 Å². The van der Waals surface area contributed by atoms with Gasteiger partial charge >= 0.3 is 6.18 Å². The fraction of sp³-hybridized carbons (Fsp3) is 0.438. The van der Waals surface area contributed by atoms with E-state index in [1.807, 2.05) is 13.8 Å². The lowest BCUT2D eigenvalue weighted by molar-refractivity contribution is -0.145. The summed E-state index contributed by atoms with van der Waals surface area (Å²) in [6, 6.07) is 6.61. The molecule has 26 heavy (non-hydrogen) atoms. The Labute approximate surface area is 150 Å². The van der Waals surface area contributed by atoms with Gasteiger partial charge < -0.3 is 9.47 Å². The summed E-state index contributed by atoms with van der Waals surface area (Å²) in [6.45, 7) is 4.06. The topological polar surface area (TPSA) is 61.5 Å². The third-order valence-corrected chi connectivity index (χ3v) is 5.01. The quantitative estimate of drug-likeness (QED) is 0.644. The van der Waals surface area contributed by atoms with Crippen molar-refractivity contribution in [2.75, 3.05) is 12.4 Å². The van der Waals surface area contributed by atoms with Gasteiger partial charge in [0.2, 0.25) is 5.82 Å². The molecule has 138 valence electrons. The lowest BCUT2D eigenvalue weighted by Gasteiger charge is -2.16. The highest BCUT2D eigenvalue weighted by Crippen LogP contribution is 2.34. The van der Waals surface area contributed by atoms with Gasteiger partial charge in [0, 0.05) is 5.75 Å². The van der Waals surface area contributed by atoms with E-state index in [-0.39, 0.29) is 11.8 Å². The Morgan fingerprint density at radius 1 is 1.27 bits per heavy atom. The van der Waals surface area contributed by atoms with Gasteiger partial charge in [0.1, 0.15) is 5.03 Å². The van der Waals surface area contributed by atoms with E-state index in [0.29, 0.717) is 28.4 Å². The molecule has 3 aromatic rings. The Morgan fingerprint density at radius 3 is 2.73 bits per heavy atom. The minimum Gasteiger partial charge on any atom is -0.348 e. The summed E-state index contributed by atoms with van der Waals surface area (Å²) in [5.41, 5.74) is 0.835. The first-order chi connectivity index (χ1) is 12.2. The normalized spacial score (nSPS) is 20.3. The maximum atomic E-state index is 13.3. The summed E-state index contributed by atoms with van der Waals surface area (Å²) >= 11 is 1.28. The van der Waals surface area contributed by atoms with Crippen molar-refractivity contribution in [3.8, 4) is 0 Å². The van der Waals surface area contributed by atoms with Crippen LogP contribution < -0.4 is 0 Å². The summed E-state index contributed by atoms with van der Waals surface area (Å²) in [7, 11) is 0. The molecule has 10 heteroatoms. The summed E-state index contributed by atoms with van der Waals surface area (Å²) in [5, 5.41) is 7.48. The van der Waals surface area contributed by atoms with Crippen molar-refractivity contribution in [3.63, 3.8) is 0 Å². The molecule has 1 saturated heterocycles. The molecule has 4 rings (SSSR count). The first-order valence-corrected chi connectivity index (χ1v) is 8.89. The van der Waals surface area contributed by atoms with Gasteiger partial charge in [0.25, 0.3) is 0 Å². The van der Waals surface area contributed by atoms with Crippen LogP contribution in [0.15, 0.2) is 29.3 Å². The van der Waals surface area contributed by atoms with Gasteiger partial charge in [-0.05, 0) is 26.0 Å². The number of alkyl halides is 3. The number of thioether (sulfide) groups is 1. The minimum atomic E-state index is -4.61. The number of ether oxygens (including phenoxy) is 2. The molecule has 0 aliphatic carbocycles. The fourth-order valence-electron chi connectivity index (χ4n) is 2.86. The van der Waals surface area contributed by atoms with Crippen LogP contribution in [0.5, 0.6) is 0 Å². The minimum absolute atomic E-state index is 0.0826. The van der Waals surface area contributed by atoms with E-state index >= 15 is 0 Å². The zero-order chi connectivity index (χ0) is 18.5. The van der Waals surface area contributed by atoms with Crippen LogP contribution in [0.3, 0.4) is 0 Å². The number of halogens is 3. The van der Waals surface area contributed by atoms with E-state index < -0.39 is 17.8 Å². The lowest BCUT2D eigenvalue weighted by Crippen LogP contribution is -2.22. The molecule has 0 saturated carbocycles. The van der Waals surface area contributed by atoms with Crippen LogP contribution in [-0.4, -0.2) is 43.8 Å². The van der Waals surface area contributed by atoms with Crippen molar-refractivity contribution in [3.05, 3.63) is 30.1 Å². The molecule has 0 N–H and O–H groups in total. The molecule has 1 fully saturated rings. The number of rotatable bonds is 3. The van der Waals surface area contributed by atoms with Crippen molar-refractivity contribution < 1.29 is 22.6 Å². The Hall–Kier alpha value is -1.91. The molecule has 1 aromatic carbocycles. The maximum absolute atomic E-state index is 13.3. The largest absolute Gasteiger partial charge is 0.452 e. The third kappa shape index (κ3) is 3.12. The lowest BCUT2D eigenvalue weighted by atomic mass is 10.3. The van der Waals surface area contributed by atoms with Crippen LogP contribution in [0.2, 0.25) is 0 Å². The van der Waals surface area contributed by atoms with Gasteiger partial charge in [0.15, 0.2) is 11.4 Å². The smallest absolute Gasteiger partial charge is 0.348 e. The fourth-order valence-corrected chi connectivity index (χ4v) is 3.79. The van der Waals surface area contributed by atoms with Crippen molar-refractivity contribution in [2.45, 2.75) is 36.9 Å². The van der Waals surface area contributed by atoms with Gasteiger partial charge in [-0.15, -0.1) is 10.2 Å². The van der Waals surface area contributed by atoms with Gasteiger partial charge in [-0.1, -0.05) is 23.9 Å². The van der Waals surface area contributed by atoms with E-state index in [1.165, 1.54) is 11.8 Å². The van der Waals surface area contributed by atoms with E-state index in [2.05, 4.69) is 15.2 Å². The van der Waals surface area contributed by atoms with E-state index in [9.17, 15) is 13.2 Å². The molecular formula is C16H15F3N4O2S. The number of aromatic nitrogens is 4. The highest BCUT2D eigenvalue weighted by atomic mass is 32.2. The van der Waals surface area contributed by atoms with Gasteiger partial charge in [-0.3, -0.25) is 4.40 Å². The zero-order valence-corrected chi connectivity index (χ0v) is 14.8. The predicted octanol–water partition coefficient (Wildman–Crippen LogP) is 3.54. The molecule has 1 unspecified atom stereocenters. The second-order valence-electron chi connectivity index (χ2n) is 6.35. The number of hydrogen-bond acceptors (Lipinski definition) is 6. The van der Waals surface area contributed by atoms with Crippen LogP contribution >= 0.6 is 11.8 Å². The first-order valence-electron chi connectivity index (χ1n) is 7.90. The summed E-state index contributed by atoms with van der Waals surface area (Å²) < 4.78 is 52.3. The Morgan fingerprint density at radius 2 is 2.04 bits per heavy atom. The molecule has 3 heterocycles. The molecule has 1 aliphatic heterocycles. The van der Waals surface area contributed by atoms with E-state index in [4.69, 9.17) is 9.47 Å². The van der Waals surface area contributed by atoms with Crippen LogP contribution in [0.1, 0.15) is 19.7 Å². The average Bonchev–Trinajstić information content (AvgIpc) is 3.16. The molecule has 1 aliphatic rings.